The lowest BCUT2D eigenvalue weighted by molar-refractivity contribution is 0.0502. The summed E-state index contributed by atoms with van der Waals surface area (Å²) in [4.78, 5) is 11.7. The lowest BCUT2D eigenvalue weighted by Crippen LogP contribution is -2.44. The summed E-state index contributed by atoms with van der Waals surface area (Å²) >= 11 is 0. The number of amides is 1. The lowest BCUT2D eigenvalue weighted by atomic mass is 10.1. The number of alkyl carbamates (subject to hydrolysis) is 1. The molecule has 1 saturated carbocycles. The zero-order valence-corrected chi connectivity index (χ0v) is 12.9. The molecule has 112 valence electrons. The van der Waals surface area contributed by atoms with E-state index >= 15 is 0 Å². The molecule has 1 atom stereocenters. The molecule has 4 heteroatoms. The Morgan fingerprint density at radius 3 is 2.47 bits per heavy atom. The molecule has 0 aliphatic heterocycles. The molecule has 1 unspecified atom stereocenters. The van der Waals surface area contributed by atoms with E-state index in [-0.39, 0.29) is 12.1 Å². The van der Waals surface area contributed by atoms with Crippen molar-refractivity contribution in [2.24, 2.45) is 5.92 Å². The summed E-state index contributed by atoms with van der Waals surface area (Å²) in [5.74, 6) is 0.832. The van der Waals surface area contributed by atoms with E-state index in [1.54, 1.807) is 0 Å². The van der Waals surface area contributed by atoms with E-state index in [0.717, 1.165) is 25.4 Å². The minimum atomic E-state index is -0.431. The van der Waals surface area contributed by atoms with Gasteiger partial charge in [0.2, 0.25) is 0 Å². The fourth-order valence-electron chi connectivity index (χ4n) is 2.45. The maximum Gasteiger partial charge on any atom is 0.407 e. The zero-order valence-electron chi connectivity index (χ0n) is 12.9. The van der Waals surface area contributed by atoms with Crippen LogP contribution in [0.5, 0.6) is 0 Å². The van der Waals surface area contributed by atoms with E-state index in [9.17, 15) is 4.79 Å². The van der Waals surface area contributed by atoms with Crippen molar-refractivity contribution in [2.45, 2.75) is 71.4 Å². The van der Waals surface area contributed by atoms with Gasteiger partial charge in [-0.1, -0.05) is 19.8 Å². The zero-order chi connectivity index (χ0) is 14.3. The standard InChI is InChI=1S/C15H30N2O2/c1-5-13(17-14(18)19-15(2,3)4)11-16-10-12-8-6-7-9-12/h12-13,16H,5-11H2,1-4H3,(H,17,18). The Morgan fingerprint density at radius 1 is 1.32 bits per heavy atom. The Labute approximate surface area is 117 Å². The molecule has 0 aromatic carbocycles. The number of carbonyl (C=O) groups is 1. The Bertz CT molecular complexity index is 268. The smallest absolute Gasteiger partial charge is 0.407 e. The van der Waals surface area contributed by atoms with Gasteiger partial charge in [-0.15, -0.1) is 0 Å². The number of hydrogen-bond acceptors (Lipinski definition) is 3. The Kier molecular flexibility index (Phi) is 6.63. The van der Waals surface area contributed by atoms with E-state index in [4.69, 9.17) is 4.74 Å². The third kappa shape index (κ3) is 7.41. The maximum absolute atomic E-state index is 11.7. The van der Waals surface area contributed by atoms with Crippen LogP contribution >= 0.6 is 0 Å². The topological polar surface area (TPSA) is 50.4 Å². The molecule has 0 spiro atoms. The molecule has 0 aromatic rings. The van der Waals surface area contributed by atoms with E-state index in [1.165, 1.54) is 25.7 Å². The Hall–Kier alpha value is -0.770. The van der Waals surface area contributed by atoms with Gasteiger partial charge >= 0.3 is 6.09 Å². The van der Waals surface area contributed by atoms with Gasteiger partial charge < -0.3 is 15.4 Å². The van der Waals surface area contributed by atoms with Crippen molar-refractivity contribution in [3.63, 3.8) is 0 Å². The van der Waals surface area contributed by atoms with Crippen molar-refractivity contribution >= 4 is 6.09 Å². The van der Waals surface area contributed by atoms with Gasteiger partial charge in [0.25, 0.3) is 0 Å². The van der Waals surface area contributed by atoms with Crippen molar-refractivity contribution in [2.75, 3.05) is 13.1 Å². The van der Waals surface area contributed by atoms with E-state index in [1.807, 2.05) is 20.8 Å². The van der Waals surface area contributed by atoms with E-state index in [0.29, 0.717) is 0 Å². The van der Waals surface area contributed by atoms with Crippen LogP contribution < -0.4 is 10.6 Å². The number of ether oxygens (including phenoxy) is 1. The summed E-state index contributed by atoms with van der Waals surface area (Å²) in [5, 5.41) is 6.40. The molecule has 1 aliphatic rings. The van der Waals surface area contributed by atoms with Crippen LogP contribution in [-0.4, -0.2) is 30.8 Å². The third-order valence-electron chi connectivity index (χ3n) is 3.51. The highest BCUT2D eigenvalue weighted by Gasteiger charge is 2.19. The van der Waals surface area contributed by atoms with Gasteiger partial charge in [0, 0.05) is 12.6 Å². The summed E-state index contributed by atoms with van der Waals surface area (Å²) in [5.41, 5.74) is -0.431. The first-order valence-electron chi connectivity index (χ1n) is 7.61. The van der Waals surface area contributed by atoms with Crippen LogP contribution in [0.25, 0.3) is 0 Å². The van der Waals surface area contributed by atoms with Crippen molar-refractivity contribution in [1.82, 2.24) is 10.6 Å². The highest BCUT2D eigenvalue weighted by Crippen LogP contribution is 2.23. The predicted molar refractivity (Wildman–Crippen MR) is 78.3 cm³/mol. The van der Waals surface area contributed by atoms with Gasteiger partial charge in [-0.25, -0.2) is 4.79 Å². The van der Waals surface area contributed by atoms with E-state index < -0.39 is 5.60 Å². The van der Waals surface area contributed by atoms with Crippen LogP contribution in [0.3, 0.4) is 0 Å². The summed E-state index contributed by atoms with van der Waals surface area (Å²) < 4.78 is 5.27. The van der Waals surface area contributed by atoms with Gasteiger partial charge in [-0.05, 0) is 52.5 Å². The Morgan fingerprint density at radius 2 is 1.95 bits per heavy atom. The number of carbonyl (C=O) groups excluding carboxylic acids is 1. The van der Waals surface area contributed by atoms with Gasteiger partial charge in [0.15, 0.2) is 0 Å². The van der Waals surface area contributed by atoms with Gasteiger partial charge in [0.1, 0.15) is 5.60 Å². The second-order valence-electron chi connectivity index (χ2n) is 6.56. The highest BCUT2D eigenvalue weighted by atomic mass is 16.6. The molecule has 0 aromatic heterocycles. The number of hydrogen-bond donors (Lipinski definition) is 2. The molecule has 1 aliphatic carbocycles. The average molecular weight is 270 g/mol. The molecular weight excluding hydrogens is 240 g/mol. The number of rotatable bonds is 6. The molecule has 1 fully saturated rings. The monoisotopic (exact) mass is 270 g/mol. The molecular formula is C15H30N2O2. The first-order chi connectivity index (χ1) is 8.90. The second kappa shape index (κ2) is 7.73. The van der Waals surface area contributed by atoms with Crippen molar-refractivity contribution in [3.8, 4) is 0 Å². The molecule has 1 amide bonds. The number of nitrogens with one attached hydrogen (secondary N) is 2. The summed E-state index contributed by atoms with van der Waals surface area (Å²) in [6, 6.07) is 0.149. The van der Waals surface area contributed by atoms with Crippen LogP contribution in [0.4, 0.5) is 4.79 Å². The fraction of sp³-hybridized carbons (Fsp3) is 0.933. The molecule has 1 rings (SSSR count). The van der Waals surface area contributed by atoms with Crippen LogP contribution in [0, 0.1) is 5.92 Å². The second-order valence-corrected chi connectivity index (χ2v) is 6.56. The fourth-order valence-corrected chi connectivity index (χ4v) is 2.45. The van der Waals surface area contributed by atoms with Gasteiger partial charge in [-0.2, -0.15) is 0 Å². The van der Waals surface area contributed by atoms with Crippen LogP contribution in [-0.2, 0) is 4.74 Å². The lowest BCUT2D eigenvalue weighted by Gasteiger charge is -2.23. The van der Waals surface area contributed by atoms with Crippen LogP contribution in [0.1, 0.15) is 59.8 Å². The Balaban J connectivity index is 2.19. The summed E-state index contributed by atoms with van der Waals surface area (Å²) in [6.07, 6.45) is 6.05. The van der Waals surface area contributed by atoms with Gasteiger partial charge in [-0.3, -0.25) is 0 Å². The van der Waals surface area contributed by atoms with Crippen molar-refractivity contribution in [1.29, 1.82) is 0 Å². The van der Waals surface area contributed by atoms with Crippen molar-refractivity contribution < 1.29 is 9.53 Å². The first-order valence-corrected chi connectivity index (χ1v) is 7.61. The highest BCUT2D eigenvalue weighted by molar-refractivity contribution is 5.68. The minimum Gasteiger partial charge on any atom is -0.444 e. The molecule has 19 heavy (non-hydrogen) atoms. The third-order valence-corrected chi connectivity index (χ3v) is 3.51. The molecule has 2 N–H and O–H groups in total. The average Bonchev–Trinajstić information content (AvgIpc) is 2.78. The largest absolute Gasteiger partial charge is 0.444 e. The molecule has 0 radical (unpaired) electrons. The minimum absolute atomic E-state index is 0.149. The normalized spacial score (nSPS) is 18.3. The van der Waals surface area contributed by atoms with E-state index in [2.05, 4.69) is 17.6 Å². The molecule has 0 bridgehead atoms. The molecule has 4 nitrogen and oxygen atoms in total. The summed E-state index contributed by atoms with van der Waals surface area (Å²) in [6.45, 7) is 9.63. The van der Waals surface area contributed by atoms with Gasteiger partial charge in [0.05, 0.1) is 0 Å². The molecule has 0 heterocycles. The maximum atomic E-state index is 11.7. The first kappa shape index (κ1) is 16.3. The molecule has 0 saturated heterocycles. The predicted octanol–water partition coefficient (Wildman–Crippen LogP) is 3.07. The quantitative estimate of drug-likeness (QED) is 0.780. The summed E-state index contributed by atoms with van der Waals surface area (Å²) in [7, 11) is 0. The SMILES string of the molecule is CCC(CNCC1CCCC1)NC(=O)OC(C)(C)C. The van der Waals surface area contributed by atoms with Crippen molar-refractivity contribution in [3.05, 3.63) is 0 Å². The van der Waals surface area contributed by atoms with Crippen LogP contribution in [0.2, 0.25) is 0 Å². The van der Waals surface area contributed by atoms with Crippen LogP contribution in [0.15, 0.2) is 0 Å².